The first-order valence-corrected chi connectivity index (χ1v) is 11.6. The van der Waals surface area contributed by atoms with Gasteiger partial charge >= 0.3 is 0 Å². The van der Waals surface area contributed by atoms with E-state index in [0.29, 0.717) is 22.9 Å². The van der Waals surface area contributed by atoms with Crippen molar-refractivity contribution >= 4 is 11.0 Å². The number of fused-ring (bicyclic) bond motifs is 2. The largest absolute Gasteiger partial charge is 0.454 e. The SMILES string of the molecule is CC(C)(C)n1nc(-c2cc3ccccc3o2)c2c1OC(N)=C(C#N)C2c1ccc(-n2ccnc2)cc1. The van der Waals surface area contributed by atoms with Gasteiger partial charge in [0.05, 0.1) is 23.3 Å². The molecule has 0 saturated heterocycles. The second-order valence-corrected chi connectivity index (χ2v) is 9.78. The standard InChI is InChI=1S/C28H24N6O2/c1-28(2,3)34-27-24(25(32-34)22-14-18-6-4-5-7-21(18)35-22)23(20(15-29)26(30)36-27)17-8-10-19(11-9-17)33-13-12-31-16-33/h4-14,16,23H,30H2,1-3H3. The number of hydrogen-bond acceptors (Lipinski definition) is 6. The molecule has 0 spiro atoms. The van der Waals surface area contributed by atoms with Crippen LogP contribution in [0.25, 0.3) is 28.1 Å². The van der Waals surface area contributed by atoms with Crippen LogP contribution in [0.5, 0.6) is 5.88 Å². The number of nitriles is 1. The van der Waals surface area contributed by atoms with Gasteiger partial charge in [0.25, 0.3) is 0 Å². The third kappa shape index (κ3) is 3.36. The number of allylic oxidation sites excluding steroid dienone is 1. The quantitative estimate of drug-likeness (QED) is 0.371. The summed E-state index contributed by atoms with van der Waals surface area (Å²) < 4.78 is 16.0. The van der Waals surface area contributed by atoms with E-state index >= 15 is 0 Å². The predicted molar refractivity (Wildman–Crippen MR) is 135 cm³/mol. The monoisotopic (exact) mass is 476 g/mol. The number of hydrogen-bond donors (Lipinski definition) is 1. The Balaban J connectivity index is 1.59. The summed E-state index contributed by atoms with van der Waals surface area (Å²) in [6.07, 6.45) is 5.36. The molecule has 4 heterocycles. The Morgan fingerprint density at radius 1 is 1.08 bits per heavy atom. The number of furan rings is 1. The van der Waals surface area contributed by atoms with Crippen LogP contribution in [0.1, 0.15) is 37.8 Å². The zero-order valence-corrected chi connectivity index (χ0v) is 20.1. The molecule has 2 aromatic carbocycles. The van der Waals surface area contributed by atoms with Crippen molar-refractivity contribution in [1.82, 2.24) is 19.3 Å². The Morgan fingerprint density at radius 2 is 1.86 bits per heavy atom. The number of nitrogens with zero attached hydrogens (tertiary/aromatic N) is 5. The van der Waals surface area contributed by atoms with Crippen molar-refractivity contribution in [3.8, 4) is 29.1 Å². The van der Waals surface area contributed by atoms with Gasteiger partial charge in [-0.05, 0) is 50.6 Å². The minimum atomic E-state index is -0.477. The molecule has 3 aromatic heterocycles. The first-order chi connectivity index (χ1) is 17.3. The molecule has 8 heteroatoms. The molecule has 178 valence electrons. The van der Waals surface area contributed by atoms with Gasteiger partial charge in [-0.15, -0.1) is 0 Å². The van der Waals surface area contributed by atoms with E-state index in [1.807, 2.05) is 90.8 Å². The maximum atomic E-state index is 10.1. The number of nitrogens with two attached hydrogens (primary N) is 1. The lowest BCUT2D eigenvalue weighted by atomic mass is 9.83. The van der Waals surface area contributed by atoms with Gasteiger partial charge in [-0.25, -0.2) is 9.67 Å². The first-order valence-electron chi connectivity index (χ1n) is 11.6. The number of para-hydroxylation sites is 1. The molecular formula is C28H24N6O2. The van der Waals surface area contributed by atoms with Crippen LogP contribution >= 0.6 is 0 Å². The molecule has 6 rings (SSSR count). The molecule has 2 N–H and O–H groups in total. The maximum Gasteiger partial charge on any atom is 0.225 e. The molecule has 0 saturated carbocycles. The fourth-order valence-electron chi connectivity index (χ4n) is 4.66. The van der Waals surface area contributed by atoms with Crippen LogP contribution in [0.2, 0.25) is 0 Å². The van der Waals surface area contributed by atoms with E-state index in [-0.39, 0.29) is 5.88 Å². The summed E-state index contributed by atoms with van der Waals surface area (Å²) >= 11 is 0. The Hall–Kier alpha value is -4.77. The van der Waals surface area contributed by atoms with Crippen LogP contribution in [-0.2, 0) is 5.54 Å². The normalized spacial score (nSPS) is 15.6. The molecule has 1 aliphatic heterocycles. The van der Waals surface area contributed by atoms with Crippen molar-refractivity contribution in [2.45, 2.75) is 32.2 Å². The minimum absolute atomic E-state index is 0.0789. The van der Waals surface area contributed by atoms with E-state index in [0.717, 1.165) is 27.8 Å². The maximum absolute atomic E-state index is 10.1. The second-order valence-electron chi connectivity index (χ2n) is 9.78. The third-order valence-corrected chi connectivity index (χ3v) is 6.37. The molecule has 1 unspecified atom stereocenters. The topological polar surface area (TPSA) is 108 Å². The lowest BCUT2D eigenvalue weighted by Gasteiger charge is -2.28. The highest BCUT2D eigenvalue weighted by Crippen LogP contribution is 2.48. The van der Waals surface area contributed by atoms with E-state index in [4.69, 9.17) is 20.0 Å². The number of aromatic nitrogens is 4. The first kappa shape index (κ1) is 21.7. The molecule has 0 radical (unpaired) electrons. The van der Waals surface area contributed by atoms with Crippen LogP contribution in [0.15, 0.2) is 89.2 Å². The molecule has 0 amide bonds. The van der Waals surface area contributed by atoms with E-state index in [1.54, 1.807) is 12.5 Å². The van der Waals surface area contributed by atoms with Crippen molar-refractivity contribution in [2.75, 3.05) is 0 Å². The Bertz CT molecular complexity index is 1620. The van der Waals surface area contributed by atoms with Crippen LogP contribution in [-0.4, -0.2) is 19.3 Å². The molecule has 36 heavy (non-hydrogen) atoms. The van der Waals surface area contributed by atoms with Gasteiger partial charge in [-0.2, -0.15) is 10.4 Å². The molecule has 0 aliphatic carbocycles. The van der Waals surface area contributed by atoms with E-state index in [2.05, 4.69) is 11.1 Å². The predicted octanol–water partition coefficient (Wildman–Crippen LogP) is 5.46. The van der Waals surface area contributed by atoms with Crippen LogP contribution < -0.4 is 10.5 Å². The van der Waals surface area contributed by atoms with Gasteiger partial charge in [0.15, 0.2) is 5.76 Å². The molecule has 5 aromatic rings. The van der Waals surface area contributed by atoms with E-state index in [9.17, 15) is 5.26 Å². The summed E-state index contributed by atoms with van der Waals surface area (Å²) in [4.78, 5) is 4.12. The fraction of sp³-hybridized carbons (Fsp3) is 0.179. The number of rotatable bonds is 3. The smallest absolute Gasteiger partial charge is 0.225 e. The van der Waals surface area contributed by atoms with Crippen molar-refractivity contribution < 1.29 is 9.15 Å². The second kappa shape index (κ2) is 7.89. The summed E-state index contributed by atoms with van der Waals surface area (Å²) in [5.41, 5.74) is 10.2. The Kier molecular flexibility index (Phi) is 4.76. The summed E-state index contributed by atoms with van der Waals surface area (Å²) in [6, 6.07) is 20.1. The number of benzene rings is 2. The lowest BCUT2D eigenvalue weighted by molar-refractivity contribution is 0.278. The van der Waals surface area contributed by atoms with Crippen molar-refractivity contribution in [2.24, 2.45) is 5.73 Å². The average molecular weight is 477 g/mol. The molecular weight excluding hydrogens is 452 g/mol. The van der Waals surface area contributed by atoms with Crippen LogP contribution in [0, 0.1) is 11.3 Å². The number of imidazole rings is 1. The van der Waals surface area contributed by atoms with Gasteiger partial charge in [0.2, 0.25) is 11.8 Å². The molecule has 0 fully saturated rings. The average Bonchev–Trinajstić information content (AvgIpc) is 3.61. The van der Waals surface area contributed by atoms with Gasteiger partial charge in [0.1, 0.15) is 22.9 Å². The highest BCUT2D eigenvalue weighted by atomic mass is 16.5. The van der Waals surface area contributed by atoms with Crippen LogP contribution in [0.3, 0.4) is 0 Å². The van der Waals surface area contributed by atoms with Crippen LogP contribution in [0.4, 0.5) is 0 Å². The molecule has 8 nitrogen and oxygen atoms in total. The summed E-state index contributed by atoms with van der Waals surface area (Å²) in [6.45, 7) is 6.13. The van der Waals surface area contributed by atoms with Crippen molar-refractivity contribution in [1.29, 1.82) is 5.26 Å². The molecule has 1 aliphatic rings. The fourth-order valence-corrected chi connectivity index (χ4v) is 4.66. The molecule has 0 bridgehead atoms. The van der Waals surface area contributed by atoms with Gasteiger partial charge in [-0.1, -0.05) is 30.3 Å². The highest BCUT2D eigenvalue weighted by Gasteiger charge is 2.40. The van der Waals surface area contributed by atoms with Gasteiger partial charge in [0, 0.05) is 23.5 Å². The van der Waals surface area contributed by atoms with Gasteiger partial charge in [-0.3, -0.25) is 0 Å². The zero-order valence-electron chi connectivity index (χ0n) is 20.1. The zero-order chi connectivity index (χ0) is 25.0. The van der Waals surface area contributed by atoms with Gasteiger partial charge < -0.3 is 19.5 Å². The van der Waals surface area contributed by atoms with Crippen molar-refractivity contribution in [3.05, 3.63) is 95.9 Å². The lowest BCUT2D eigenvalue weighted by Crippen LogP contribution is -2.27. The highest BCUT2D eigenvalue weighted by molar-refractivity contribution is 5.83. The summed E-state index contributed by atoms with van der Waals surface area (Å²) in [5.74, 6) is 0.722. The van der Waals surface area contributed by atoms with E-state index in [1.165, 1.54) is 0 Å². The van der Waals surface area contributed by atoms with Crippen molar-refractivity contribution in [3.63, 3.8) is 0 Å². The summed E-state index contributed by atoms with van der Waals surface area (Å²) in [7, 11) is 0. The third-order valence-electron chi connectivity index (χ3n) is 6.37. The Morgan fingerprint density at radius 3 is 2.53 bits per heavy atom. The van der Waals surface area contributed by atoms with E-state index < -0.39 is 11.5 Å². The minimum Gasteiger partial charge on any atom is -0.454 e. The summed E-state index contributed by atoms with van der Waals surface area (Å²) in [5, 5.41) is 16.1. The Labute approximate surface area is 207 Å². The molecule has 1 atom stereocenters. The number of ether oxygens (including phenoxy) is 1.